The minimum atomic E-state index is 0.425. The molecule has 0 aliphatic rings. The van der Waals surface area contributed by atoms with Crippen LogP contribution in [0.15, 0.2) is 36.4 Å². The Labute approximate surface area is 132 Å². The van der Waals surface area contributed by atoms with Gasteiger partial charge in [0.1, 0.15) is 11.5 Å². The monoisotopic (exact) mass is 303 g/mol. The Bertz CT molecular complexity index is 623. The lowest BCUT2D eigenvalue weighted by Crippen LogP contribution is -2.22. The summed E-state index contributed by atoms with van der Waals surface area (Å²) in [6.45, 7) is 9.17. The van der Waals surface area contributed by atoms with Gasteiger partial charge in [-0.15, -0.1) is 0 Å². The number of hydrogen-bond donors (Lipinski definition) is 1. The molecule has 0 aliphatic heterocycles. The molecule has 1 N–H and O–H groups in total. The van der Waals surface area contributed by atoms with Gasteiger partial charge in [-0.3, -0.25) is 0 Å². The third-order valence-corrected chi connectivity index (χ3v) is 3.74. The minimum absolute atomic E-state index is 0.425. The van der Waals surface area contributed by atoms with Gasteiger partial charge in [0.15, 0.2) is 0 Å². The SMILES string of the molecule is Cc1cccc(Oc2cc(Cl)ccc2CNC(C)C)c1C. The van der Waals surface area contributed by atoms with E-state index in [1.807, 2.05) is 30.3 Å². The molecule has 0 aromatic heterocycles. The van der Waals surface area contributed by atoms with Crippen LogP contribution in [0.1, 0.15) is 30.5 Å². The lowest BCUT2D eigenvalue weighted by atomic mass is 10.1. The maximum absolute atomic E-state index is 6.12. The highest BCUT2D eigenvalue weighted by atomic mass is 35.5. The van der Waals surface area contributed by atoms with Crippen LogP contribution in [0.3, 0.4) is 0 Å². The summed E-state index contributed by atoms with van der Waals surface area (Å²) >= 11 is 6.12. The Morgan fingerprint density at radius 1 is 1.10 bits per heavy atom. The molecule has 0 saturated heterocycles. The fourth-order valence-electron chi connectivity index (χ4n) is 2.04. The van der Waals surface area contributed by atoms with Crippen molar-refractivity contribution in [3.63, 3.8) is 0 Å². The second-order valence-corrected chi connectivity index (χ2v) is 6.02. The van der Waals surface area contributed by atoms with Crippen LogP contribution in [0.2, 0.25) is 5.02 Å². The van der Waals surface area contributed by atoms with Gasteiger partial charge >= 0.3 is 0 Å². The molecule has 0 fully saturated rings. The summed E-state index contributed by atoms with van der Waals surface area (Å²) in [4.78, 5) is 0. The van der Waals surface area contributed by atoms with Gasteiger partial charge in [0.25, 0.3) is 0 Å². The topological polar surface area (TPSA) is 21.3 Å². The summed E-state index contributed by atoms with van der Waals surface area (Å²) in [6.07, 6.45) is 0. The Morgan fingerprint density at radius 2 is 1.86 bits per heavy atom. The van der Waals surface area contributed by atoms with Gasteiger partial charge < -0.3 is 10.1 Å². The van der Waals surface area contributed by atoms with E-state index in [1.165, 1.54) is 5.56 Å². The van der Waals surface area contributed by atoms with Crippen LogP contribution in [-0.4, -0.2) is 6.04 Å². The average molecular weight is 304 g/mol. The molecule has 21 heavy (non-hydrogen) atoms. The van der Waals surface area contributed by atoms with Crippen LogP contribution < -0.4 is 10.1 Å². The zero-order valence-electron chi connectivity index (χ0n) is 13.0. The van der Waals surface area contributed by atoms with Crippen molar-refractivity contribution in [2.75, 3.05) is 0 Å². The molecule has 0 atom stereocenters. The minimum Gasteiger partial charge on any atom is -0.457 e. The van der Waals surface area contributed by atoms with Gasteiger partial charge in [-0.1, -0.05) is 43.6 Å². The predicted octanol–water partition coefficient (Wildman–Crippen LogP) is 5.25. The van der Waals surface area contributed by atoms with Crippen molar-refractivity contribution in [1.82, 2.24) is 5.32 Å². The fourth-order valence-corrected chi connectivity index (χ4v) is 2.20. The molecule has 0 amide bonds. The largest absolute Gasteiger partial charge is 0.457 e. The van der Waals surface area contributed by atoms with Crippen LogP contribution in [-0.2, 0) is 6.54 Å². The van der Waals surface area contributed by atoms with Crippen molar-refractivity contribution in [2.24, 2.45) is 0 Å². The van der Waals surface area contributed by atoms with Gasteiger partial charge in [0.05, 0.1) is 0 Å². The summed E-state index contributed by atoms with van der Waals surface area (Å²) in [5.41, 5.74) is 3.48. The average Bonchev–Trinajstić information content (AvgIpc) is 2.43. The lowest BCUT2D eigenvalue weighted by Gasteiger charge is -2.16. The van der Waals surface area contributed by atoms with E-state index in [4.69, 9.17) is 16.3 Å². The molecule has 2 rings (SSSR count). The molecule has 3 heteroatoms. The molecular weight excluding hydrogens is 282 g/mol. The molecule has 0 heterocycles. The molecule has 112 valence electrons. The molecule has 0 unspecified atom stereocenters. The van der Waals surface area contributed by atoms with E-state index >= 15 is 0 Å². The van der Waals surface area contributed by atoms with E-state index in [9.17, 15) is 0 Å². The zero-order valence-corrected chi connectivity index (χ0v) is 13.8. The first-order valence-corrected chi connectivity index (χ1v) is 7.61. The van der Waals surface area contributed by atoms with Gasteiger partial charge in [-0.2, -0.15) is 0 Å². The van der Waals surface area contributed by atoms with Crippen LogP contribution in [0.4, 0.5) is 0 Å². The van der Waals surface area contributed by atoms with E-state index in [0.717, 1.165) is 29.2 Å². The zero-order chi connectivity index (χ0) is 15.4. The summed E-state index contributed by atoms with van der Waals surface area (Å²) < 4.78 is 6.11. The number of hydrogen-bond acceptors (Lipinski definition) is 2. The maximum Gasteiger partial charge on any atom is 0.133 e. The third kappa shape index (κ3) is 4.23. The second-order valence-electron chi connectivity index (χ2n) is 5.59. The number of ether oxygens (including phenoxy) is 1. The Kier molecular flexibility index (Phi) is 5.27. The normalized spacial score (nSPS) is 11.0. The smallest absolute Gasteiger partial charge is 0.133 e. The van der Waals surface area contributed by atoms with Gasteiger partial charge in [-0.05, 0) is 43.2 Å². The first-order valence-electron chi connectivity index (χ1n) is 7.23. The van der Waals surface area contributed by atoms with Crippen LogP contribution >= 0.6 is 11.6 Å². The molecule has 2 aromatic carbocycles. The Hall–Kier alpha value is -1.51. The molecule has 0 saturated carbocycles. The number of halogens is 1. The third-order valence-electron chi connectivity index (χ3n) is 3.50. The number of aryl methyl sites for hydroxylation is 1. The van der Waals surface area contributed by atoms with Crippen molar-refractivity contribution in [2.45, 2.75) is 40.3 Å². The Morgan fingerprint density at radius 3 is 2.57 bits per heavy atom. The fraction of sp³-hybridized carbons (Fsp3) is 0.333. The van der Waals surface area contributed by atoms with E-state index < -0.39 is 0 Å². The van der Waals surface area contributed by atoms with Crippen molar-refractivity contribution in [1.29, 1.82) is 0 Å². The first-order chi connectivity index (χ1) is 9.97. The highest BCUT2D eigenvalue weighted by Crippen LogP contribution is 2.31. The molecular formula is C18H22ClNO. The summed E-state index contributed by atoms with van der Waals surface area (Å²) in [5.74, 6) is 1.69. The van der Waals surface area contributed by atoms with Crippen LogP contribution in [0.5, 0.6) is 11.5 Å². The standard InChI is InChI=1S/C18H22ClNO/c1-12(2)20-11-15-8-9-16(19)10-18(15)21-17-7-5-6-13(3)14(17)4/h5-10,12,20H,11H2,1-4H3. The van der Waals surface area contributed by atoms with Crippen LogP contribution in [0, 0.1) is 13.8 Å². The van der Waals surface area contributed by atoms with Gasteiger partial charge in [-0.25, -0.2) is 0 Å². The highest BCUT2D eigenvalue weighted by Gasteiger charge is 2.09. The number of benzene rings is 2. The van der Waals surface area contributed by atoms with Crippen molar-refractivity contribution in [3.8, 4) is 11.5 Å². The van der Waals surface area contributed by atoms with Crippen molar-refractivity contribution >= 4 is 11.6 Å². The molecule has 2 nitrogen and oxygen atoms in total. The summed E-state index contributed by atoms with van der Waals surface area (Å²) in [5, 5.41) is 4.09. The van der Waals surface area contributed by atoms with Crippen molar-refractivity contribution in [3.05, 3.63) is 58.1 Å². The van der Waals surface area contributed by atoms with Crippen LogP contribution in [0.25, 0.3) is 0 Å². The van der Waals surface area contributed by atoms with Gasteiger partial charge in [0.2, 0.25) is 0 Å². The maximum atomic E-state index is 6.12. The molecule has 0 spiro atoms. The predicted molar refractivity (Wildman–Crippen MR) is 89.4 cm³/mol. The lowest BCUT2D eigenvalue weighted by molar-refractivity contribution is 0.466. The molecule has 2 aromatic rings. The Balaban J connectivity index is 2.29. The van der Waals surface area contributed by atoms with E-state index in [2.05, 4.69) is 39.1 Å². The molecule has 0 bridgehead atoms. The van der Waals surface area contributed by atoms with Crippen molar-refractivity contribution < 1.29 is 4.74 Å². The van der Waals surface area contributed by atoms with E-state index in [1.54, 1.807) is 0 Å². The first kappa shape index (κ1) is 15.9. The number of nitrogens with one attached hydrogen (secondary N) is 1. The summed E-state index contributed by atoms with van der Waals surface area (Å²) in [6, 6.07) is 12.3. The molecule has 0 aliphatic carbocycles. The molecule has 0 radical (unpaired) electrons. The quantitative estimate of drug-likeness (QED) is 0.815. The van der Waals surface area contributed by atoms with E-state index in [-0.39, 0.29) is 0 Å². The second kappa shape index (κ2) is 6.97. The summed E-state index contributed by atoms with van der Waals surface area (Å²) in [7, 11) is 0. The van der Waals surface area contributed by atoms with E-state index in [0.29, 0.717) is 11.1 Å². The number of rotatable bonds is 5. The van der Waals surface area contributed by atoms with Gasteiger partial charge in [0, 0.05) is 23.2 Å². The highest BCUT2D eigenvalue weighted by molar-refractivity contribution is 6.30.